The van der Waals surface area contributed by atoms with Crippen LogP contribution in [0.2, 0.25) is 0 Å². The zero-order valence-electron chi connectivity index (χ0n) is 13.4. The molecule has 0 aliphatic carbocycles. The topological polar surface area (TPSA) is 60.3 Å². The molecule has 1 N–H and O–H groups in total. The summed E-state index contributed by atoms with van der Waals surface area (Å²) in [5.74, 6) is 0.724. The van der Waals surface area contributed by atoms with Crippen molar-refractivity contribution in [3.8, 4) is 5.75 Å². The normalized spacial score (nSPS) is 11.6. The van der Waals surface area contributed by atoms with E-state index in [1.807, 2.05) is 43.9 Å². The fourth-order valence-corrected chi connectivity index (χ4v) is 3.61. The van der Waals surface area contributed by atoms with Gasteiger partial charge in [-0.05, 0) is 55.7 Å². The molecule has 6 heteroatoms. The molecule has 0 atom stereocenters. The van der Waals surface area contributed by atoms with E-state index >= 15 is 0 Å². The summed E-state index contributed by atoms with van der Waals surface area (Å²) in [5.41, 5.74) is 2.41. The molecule has 0 saturated heterocycles. The number of benzene rings is 1. The number of hydrogen-bond donors (Lipinski definition) is 1. The highest BCUT2D eigenvalue weighted by Gasteiger charge is 2.18. The second-order valence-electron chi connectivity index (χ2n) is 5.33. The van der Waals surface area contributed by atoms with Gasteiger partial charge in [0.1, 0.15) is 5.75 Å². The molecule has 1 heterocycles. The van der Waals surface area contributed by atoms with Gasteiger partial charge in [-0.3, -0.25) is 0 Å². The minimum atomic E-state index is -3.55. The predicted molar refractivity (Wildman–Crippen MR) is 86.5 cm³/mol. The lowest BCUT2D eigenvalue weighted by atomic mass is 10.1. The van der Waals surface area contributed by atoms with Crippen LogP contribution in [0.4, 0.5) is 0 Å². The lowest BCUT2D eigenvalue weighted by Gasteiger charge is -2.13. The largest absolute Gasteiger partial charge is 0.494 e. The van der Waals surface area contributed by atoms with Crippen molar-refractivity contribution in [3.63, 3.8) is 0 Å². The third-order valence-electron chi connectivity index (χ3n) is 3.42. The highest BCUT2D eigenvalue weighted by atomic mass is 32.2. The first-order valence-electron chi connectivity index (χ1n) is 7.18. The van der Waals surface area contributed by atoms with Crippen LogP contribution in [0, 0.1) is 13.8 Å². The van der Waals surface area contributed by atoms with Crippen LogP contribution in [0.15, 0.2) is 35.5 Å². The minimum absolute atomic E-state index is 0.273. The number of rotatable bonds is 6. The van der Waals surface area contributed by atoms with Gasteiger partial charge in [0.15, 0.2) is 0 Å². The quantitative estimate of drug-likeness (QED) is 0.889. The number of aromatic nitrogens is 1. The van der Waals surface area contributed by atoms with Crippen molar-refractivity contribution in [2.45, 2.75) is 32.2 Å². The van der Waals surface area contributed by atoms with E-state index < -0.39 is 10.0 Å². The van der Waals surface area contributed by atoms with E-state index in [0.29, 0.717) is 17.1 Å². The molecule has 0 amide bonds. The Morgan fingerprint density at radius 2 is 1.95 bits per heavy atom. The molecule has 0 aliphatic rings. The van der Waals surface area contributed by atoms with E-state index in [1.165, 1.54) is 0 Å². The van der Waals surface area contributed by atoms with Crippen LogP contribution in [-0.4, -0.2) is 19.6 Å². The molecule has 0 spiro atoms. The van der Waals surface area contributed by atoms with Gasteiger partial charge in [-0.1, -0.05) is 0 Å². The Morgan fingerprint density at radius 3 is 2.55 bits per heavy atom. The van der Waals surface area contributed by atoms with Crippen LogP contribution < -0.4 is 9.46 Å². The van der Waals surface area contributed by atoms with Crippen molar-refractivity contribution >= 4 is 10.0 Å². The summed E-state index contributed by atoms with van der Waals surface area (Å²) >= 11 is 0. The Bertz CT molecular complexity index is 764. The fraction of sp³-hybridized carbons (Fsp3) is 0.375. The Morgan fingerprint density at radius 1 is 1.23 bits per heavy atom. The summed E-state index contributed by atoms with van der Waals surface area (Å²) in [6.45, 7) is 6.36. The van der Waals surface area contributed by atoms with Gasteiger partial charge < -0.3 is 9.30 Å². The molecule has 0 radical (unpaired) electrons. The molecule has 2 rings (SSSR count). The van der Waals surface area contributed by atoms with Crippen LogP contribution in [0.5, 0.6) is 5.75 Å². The summed E-state index contributed by atoms with van der Waals surface area (Å²) < 4.78 is 35.0. The van der Waals surface area contributed by atoms with Crippen molar-refractivity contribution in [1.29, 1.82) is 0 Å². The van der Waals surface area contributed by atoms with Gasteiger partial charge in [0.2, 0.25) is 10.0 Å². The SMILES string of the molecule is CCOc1cc(C)c(S(=O)(=O)NCc2ccn(C)c2)cc1C. The Balaban J connectivity index is 2.23. The highest BCUT2D eigenvalue weighted by molar-refractivity contribution is 7.89. The van der Waals surface area contributed by atoms with Crippen LogP contribution in [0.1, 0.15) is 23.6 Å². The molecule has 2 aromatic rings. The van der Waals surface area contributed by atoms with Crippen LogP contribution in [-0.2, 0) is 23.6 Å². The average Bonchev–Trinajstić information content (AvgIpc) is 2.86. The second-order valence-corrected chi connectivity index (χ2v) is 7.06. The molecular weight excluding hydrogens is 300 g/mol. The van der Waals surface area contributed by atoms with Gasteiger partial charge in [0.25, 0.3) is 0 Å². The molecule has 1 aromatic carbocycles. The van der Waals surface area contributed by atoms with E-state index in [2.05, 4.69) is 4.72 Å². The predicted octanol–water partition coefficient (Wildman–Crippen LogP) is 2.52. The first-order valence-corrected chi connectivity index (χ1v) is 8.66. The number of aryl methyl sites for hydroxylation is 3. The second kappa shape index (κ2) is 6.54. The molecule has 0 bridgehead atoms. The van der Waals surface area contributed by atoms with E-state index in [-0.39, 0.29) is 6.54 Å². The highest BCUT2D eigenvalue weighted by Crippen LogP contribution is 2.26. The van der Waals surface area contributed by atoms with Crippen molar-refractivity contribution in [1.82, 2.24) is 9.29 Å². The van der Waals surface area contributed by atoms with E-state index in [1.54, 1.807) is 19.1 Å². The molecule has 0 unspecified atom stereocenters. The molecule has 0 fully saturated rings. The van der Waals surface area contributed by atoms with E-state index in [9.17, 15) is 8.42 Å². The zero-order chi connectivity index (χ0) is 16.3. The summed E-state index contributed by atoms with van der Waals surface area (Å²) in [6.07, 6.45) is 3.77. The average molecular weight is 322 g/mol. The molecule has 0 saturated carbocycles. The van der Waals surface area contributed by atoms with Crippen LogP contribution in [0.3, 0.4) is 0 Å². The summed E-state index contributed by atoms with van der Waals surface area (Å²) in [4.78, 5) is 0.296. The van der Waals surface area contributed by atoms with Gasteiger partial charge in [-0.15, -0.1) is 0 Å². The molecular formula is C16H22N2O3S. The zero-order valence-corrected chi connectivity index (χ0v) is 14.2. The molecule has 1 aromatic heterocycles. The third kappa shape index (κ3) is 3.69. The maximum atomic E-state index is 12.5. The van der Waals surface area contributed by atoms with Crippen molar-refractivity contribution in [2.24, 2.45) is 7.05 Å². The summed E-state index contributed by atoms with van der Waals surface area (Å²) in [5, 5.41) is 0. The first-order chi connectivity index (χ1) is 10.3. The maximum Gasteiger partial charge on any atom is 0.241 e. The first kappa shape index (κ1) is 16.6. The van der Waals surface area contributed by atoms with Crippen molar-refractivity contribution < 1.29 is 13.2 Å². The van der Waals surface area contributed by atoms with Gasteiger partial charge in [0, 0.05) is 26.0 Å². The minimum Gasteiger partial charge on any atom is -0.494 e. The molecule has 5 nitrogen and oxygen atoms in total. The third-order valence-corrected chi connectivity index (χ3v) is 4.96. The molecule has 120 valence electrons. The lowest BCUT2D eigenvalue weighted by molar-refractivity contribution is 0.337. The number of nitrogens with one attached hydrogen (secondary N) is 1. The van der Waals surface area contributed by atoms with Crippen molar-refractivity contribution in [3.05, 3.63) is 47.3 Å². The number of nitrogens with zero attached hydrogens (tertiary/aromatic N) is 1. The van der Waals surface area contributed by atoms with E-state index in [4.69, 9.17) is 4.74 Å². The van der Waals surface area contributed by atoms with Crippen LogP contribution >= 0.6 is 0 Å². The Labute approximate surface area is 132 Å². The number of sulfonamides is 1. The Hall–Kier alpha value is -1.79. The lowest BCUT2D eigenvalue weighted by Crippen LogP contribution is -2.24. The van der Waals surface area contributed by atoms with Gasteiger partial charge in [-0.25, -0.2) is 13.1 Å². The fourth-order valence-electron chi connectivity index (χ4n) is 2.29. The van der Waals surface area contributed by atoms with Gasteiger partial charge in [-0.2, -0.15) is 0 Å². The smallest absolute Gasteiger partial charge is 0.241 e. The van der Waals surface area contributed by atoms with Crippen LogP contribution in [0.25, 0.3) is 0 Å². The monoisotopic (exact) mass is 322 g/mol. The van der Waals surface area contributed by atoms with Gasteiger partial charge >= 0.3 is 0 Å². The summed E-state index contributed by atoms with van der Waals surface area (Å²) in [6, 6.07) is 5.32. The number of ether oxygens (including phenoxy) is 1. The van der Waals surface area contributed by atoms with Crippen molar-refractivity contribution in [2.75, 3.05) is 6.61 Å². The Kier molecular flexibility index (Phi) is 4.93. The molecule has 0 aliphatic heterocycles. The van der Waals surface area contributed by atoms with E-state index in [0.717, 1.165) is 16.9 Å². The summed E-state index contributed by atoms with van der Waals surface area (Å²) in [7, 11) is -1.65. The molecule has 22 heavy (non-hydrogen) atoms. The van der Waals surface area contributed by atoms with Gasteiger partial charge in [0.05, 0.1) is 11.5 Å². The number of hydrogen-bond acceptors (Lipinski definition) is 3. The maximum absolute atomic E-state index is 12.5. The standard InChI is InChI=1S/C16H22N2O3S/c1-5-21-15-8-13(3)16(9-12(15)2)22(19,20)17-10-14-6-7-18(4)11-14/h6-9,11,17H,5,10H2,1-4H3.